The van der Waals surface area contributed by atoms with E-state index in [0.29, 0.717) is 22.5 Å². The van der Waals surface area contributed by atoms with Crippen LogP contribution in [-0.2, 0) is 14.3 Å². The van der Waals surface area contributed by atoms with Gasteiger partial charge in [0.25, 0.3) is 5.91 Å². The number of carbonyl (C=O) groups is 4. The van der Waals surface area contributed by atoms with Gasteiger partial charge >= 0.3 is 11.9 Å². The Balaban J connectivity index is 2.10. The van der Waals surface area contributed by atoms with Crippen LogP contribution >= 0.6 is 0 Å². The summed E-state index contributed by atoms with van der Waals surface area (Å²) in [7, 11) is 1.25. The third-order valence-electron chi connectivity index (χ3n) is 4.22. The summed E-state index contributed by atoms with van der Waals surface area (Å²) in [5, 5.41) is 2.60. The quantitative estimate of drug-likeness (QED) is 0.583. The van der Waals surface area contributed by atoms with Crippen LogP contribution in [0.25, 0.3) is 0 Å². The fourth-order valence-electron chi connectivity index (χ4n) is 2.70. The summed E-state index contributed by atoms with van der Waals surface area (Å²) in [5.74, 6) is -2.02. The molecule has 1 aromatic carbocycles. The lowest BCUT2D eigenvalue weighted by Gasteiger charge is -2.14. The summed E-state index contributed by atoms with van der Waals surface area (Å²) in [6.07, 6.45) is -1.10. The molecule has 1 heterocycles. The maximum Gasteiger partial charge on any atom is 0.355 e. The molecule has 1 unspecified atom stereocenters. The van der Waals surface area contributed by atoms with Gasteiger partial charge in [0.2, 0.25) is 0 Å². The standard InChI is InChI=1S/C20H22N2O6/c1-10-16(19(25)27-5)11(2)21-17(10)20(26)28-13(4)18(24)22-15-8-6-7-14(9-15)12(3)23/h6-9,13,21H,1-5H3,(H,22,24). The van der Waals surface area contributed by atoms with Crippen molar-refractivity contribution in [3.05, 3.63) is 52.3 Å². The van der Waals surface area contributed by atoms with Crippen LogP contribution in [0.2, 0.25) is 0 Å². The Hall–Kier alpha value is -3.42. The molecule has 2 N–H and O–H groups in total. The number of aromatic nitrogens is 1. The topological polar surface area (TPSA) is 115 Å². The second kappa shape index (κ2) is 8.51. The SMILES string of the molecule is COC(=O)c1c(C)[nH]c(C(=O)OC(C)C(=O)Nc2cccc(C(C)=O)c2)c1C. The van der Waals surface area contributed by atoms with Crippen molar-refractivity contribution in [1.82, 2.24) is 4.98 Å². The van der Waals surface area contributed by atoms with Crippen molar-refractivity contribution in [2.45, 2.75) is 33.8 Å². The number of hydrogen-bond donors (Lipinski definition) is 2. The van der Waals surface area contributed by atoms with Crippen LogP contribution < -0.4 is 5.32 Å². The van der Waals surface area contributed by atoms with Crippen molar-refractivity contribution in [1.29, 1.82) is 0 Å². The van der Waals surface area contributed by atoms with Gasteiger partial charge in [0.15, 0.2) is 11.9 Å². The van der Waals surface area contributed by atoms with Crippen LogP contribution in [0.5, 0.6) is 0 Å². The largest absolute Gasteiger partial charge is 0.465 e. The number of H-pyrrole nitrogens is 1. The maximum absolute atomic E-state index is 12.4. The predicted octanol–water partition coefficient (Wildman–Crippen LogP) is 2.80. The third-order valence-corrected chi connectivity index (χ3v) is 4.22. The van der Waals surface area contributed by atoms with Crippen molar-refractivity contribution in [3.63, 3.8) is 0 Å². The molecule has 0 radical (unpaired) electrons. The molecule has 0 bridgehead atoms. The average molecular weight is 386 g/mol. The Kier molecular flexibility index (Phi) is 6.35. The Morgan fingerprint density at radius 3 is 2.39 bits per heavy atom. The highest BCUT2D eigenvalue weighted by molar-refractivity contribution is 6.01. The number of hydrogen-bond acceptors (Lipinski definition) is 6. The van der Waals surface area contributed by atoms with Crippen LogP contribution in [0.1, 0.15) is 56.3 Å². The zero-order chi connectivity index (χ0) is 21.0. The molecular weight excluding hydrogens is 364 g/mol. The van der Waals surface area contributed by atoms with Crippen LogP contribution in [0.15, 0.2) is 24.3 Å². The number of rotatable bonds is 6. The number of carbonyl (C=O) groups excluding carboxylic acids is 4. The number of methoxy groups -OCH3 is 1. The minimum absolute atomic E-state index is 0.0797. The summed E-state index contributed by atoms with van der Waals surface area (Å²) >= 11 is 0. The Morgan fingerprint density at radius 1 is 1.11 bits per heavy atom. The van der Waals surface area contributed by atoms with E-state index in [-0.39, 0.29) is 17.0 Å². The van der Waals surface area contributed by atoms with Crippen molar-refractivity contribution < 1.29 is 28.7 Å². The Labute approximate surface area is 162 Å². The second-order valence-electron chi connectivity index (χ2n) is 6.29. The van der Waals surface area contributed by atoms with Crippen molar-refractivity contribution in [2.24, 2.45) is 0 Å². The highest BCUT2D eigenvalue weighted by Gasteiger charge is 2.26. The molecule has 0 saturated heterocycles. The second-order valence-corrected chi connectivity index (χ2v) is 6.29. The number of ketones is 1. The van der Waals surface area contributed by atoms with Gasteiger partial charge in [0.1, 0.15) is 5.69 Å². The first kappa shape index (κ1) is 20.9. The molecule has 1 aromatic heterocycles. The summed E-state index contributed by atoms with van der Waals surface area (Å²) in [6.45, 7) is 6.07. The molecule has 0 aliphatic heterocycles. The molecule has 1 atom stereocenters. The lowest BCUT2D eigenvalue weighted by molar-refractivity contribution is -0.123. The average Bonchev–Trinajstić information content (AvgIpc) is 2.95. The normalized spacial score (nSPS) is 11.5. The van der Waals surface area contributed by atoms with E-state index in [1.54, 1.807) is 32.0 Å². The zero-order valence-electron chi connectivity index (χ0n) is 16.3. The number of amides is 1. The molecule has 1 amide bonds. The van der Waals surface area contributed by atoms with Crippen LogP contribution in [-0.4, -0.2) is 41.8 Å². The van der Waals surface area contributed by atoms with Gasteiger partial charge in [-0.15, -0.1) is 0 Å². The molecule has 8 heteroatoms. The number of anilines is 1. The van der Waals surface area contributed by atoms with E-state index in [4.69, 9.17) is 9.47 Å². The van der Waals surface area contributed by atoms with Crippen molar-refractivity contribution in [2.75, 3.05) is 12.4 Å². The molecule has 0 aliphatic carbocycles. The molecule has 0 aliphatic rings. The molecule has 8 nitrogen and oxygen atoms in total. The summed E-state index contributed by atoms with van der Waals surface area (Å²) < 4.78 is 9.91. The summed E-state index contributed by atoms with van der Waals surface area (Å²) in [6, 6.07) is 6.44. The lowest BCUT2D eigenvalue weighted by Crippen LogP contribution is -2.30. The van der Waals surface area contributed by atoms with Gasteiger partial charge in [-0.05, 0) is 45.4 Å². The number of aromatic amines is 1. The molecule has 148 valence electrons. The van der Waals surface area contributed by atoms with Crippen LogP contribution in [0, 0.1) is 13.8 Å². The van der Waals surface area contributed by atoms with E-state index in [0.717, 1.165) is 0 Å². The highest BCUT2D eigenvalue weighted by atomic mass is 16.5. The minimum atomic E-state index is -1.10. The molecule has 2 rings (SSSR count). The molecule has 0 saturated carbocycles. The van der Waals surface area contributed by atoms with Crippen molar-refractivity contribution >= 4 is 29.3 Å². The van der Waals surface area contributed by atoms with Gasteiger partial charge in [-0.25, -0.2) is 9.59 Å². The third kappa shape index (κ3) is 4.46. The molecular formula is C20H22N2O6. The summed E-state index contributed by atoms with van der Waals surface area (Å²) in [5.41, 5.74) is 2.06. The lowest BCUT2D eigenvalue weighted by atomic mass is 10.1. The number of nitrogens with one attached hydrogen (secondary N) is 2. The van der Waals surface area contributed by atoms with Crippen molar-refractivity contribution in [3.8, 4) is 0 Å². The number of esters is 2. The zero-order valence-corrected chi connectivity index (χ0v) is 16.3. The van der Waals surface area contributed by atoms with Gasteiger partial charge in [0.05, 0.1) is 12.7 Å². The highest BCUT2D eigenvalue weighted by Crippen LogP contribution is 2.20. The van der Waals surface area contributed by atoms with Gasteiger partial charge in [-0.2, -0.15) is 0 Å². The molecule has 28 heavy (non-hydrogen) atoms. The monoisotopic (exact) mass is 386 g/mol. The minimum Gasteiger partial charge on any atom is -0.465 e. The molecule has 2 aromatic rings. The first-order chi connectivity index (χ1) is 13.1. The summed E-state index contributed by atoms with van der Waals surface area (Å²) in [4.78, 5) is 50.8. The van der Waals surface area contributed by atoms with Gasteiger partial charge < -0.3 is 19.8 Å². The van der Waals surface area contributed by atoms with E-state index in [9.17, 15) is 19.2 Å². The number of Topliss-reactive ketones (excluding diaryl/α,β-unsaturated/α-hetero) is 1. The first-order valence-electron chi connectivity index (χ1n) is 8.56. The number of aryl methyl sites for hydroxylation is 1. The van der Waals surface area contributed by atoms with E-state index in [1.165, 1.54) is 27.0 Å². The smallest absolute Gasteiger partial charge is 0.355 e. The predicted molar refractivity (Wildman–Crippen MR) is 102 cm³/mol. The fourth-order valence-corrected chi connectivity index (χ4v) is 2.70. The van der Waals surface area contributed by atoms with Crippen LogP contribution in [0.4, 0.5) is 5.69 Å². The van der Waals surface area contributed by atoms with E-state index in [1.807, 2.05) is 0 Å². The van der Waals surface area contributed by atoms with Gasteiger partial charge in [-0.1, -0.05) is 12.1 Å². The molecule has 0 fully saturated rings. The van der Waals surface area contributed by atoms with Crippen LogP contribution in [0.3, 0.4) is 0 Å². The van der Waals surface area contributed by atoms with E-state index in [2.05, 4.69) is 10.3 Å². The Bertz CT molecular complexity index is 944. The Morgan fingerprint density at radius 2 is 1.79 bits per heavy atom. The first-order valence-corrected chi connectivity index (χ1v) is 8.56. The number of ether oxygens (including phenoxy) is 2. The molecule has 0 spiro atoms. The van der Waals surface area contributed by atoms with E-state index >= 15 is 0 Å². The van der Waals surface area contributed by atoms with E-state index < -0.39 is 23.9 Å². The fraction of sp³-hybridized carbons (Fsp3) is 0.300. The van der Waals surface area contributed by atoms with Gasteiger partial charge in [0, 0.05) is 16.9 Å². The maximum atomic E-state index is 12.4. The number of benzene rings is 1. The van der Waals surface area contributed by atoms with Gasteiger partial charge in [-0.3, -0.25) is 9.59 Å².